The van der Waals surface area contributed by atoms with Crippen molar-refractivity contribution < 1.29 is 19.5 Å². The van der Waals surface area contributed by atoms with E-state index in [1.165, 1.54) is 25.3 Å². The largest absolute Gasteiger partial charge is 0.493 e. The molecule has 1 N–H and O–H groups in total. The molecule has 94 valence electrons. The number of benzene rings is 1. The zero-order valence-electron chi connectivity index (χ0n) is 9.97. The summed E-state index contributed by atoms with van der Waals surface area (Å²) in [5.41, 5.74) is -1.10. The summed E-state index contributed by atoms with van der Waals surface area (Å²) in [5, 5.41) is 20.1. The van der Waals surface area contributed by atoms with Gasteiger partial charge in [-0.1, -0.05) is 0 Å². The highest BCUT2D eigenvalue weighted by atomic mass is 16.6. The highest BCUT2D eigenvalue weighted by Gasteiger charge is 2.17. The van der Waals surface area contributed by atoms with Gasteiger partial charge in [-0.05, 0) is 19.9 Å². The van der Waals surface area contributed by atoms with E-state index in [1.54, 1.807) is 13.8 Å². The molecule has 17 heavy (non-hydrogen) atoms. The fraction of sp³-hybridized carbons (Fsp3) is 0.455. The van der Waals surface area contributed by atoms with Crippen LogP contribution in [-0.4, -0.2) is 29.3 Å². The zero-order valence-corrected chi connectivity index (χ0v) is 9.97. The van der Waals surface area contributed by atoms with Gasteiger partial charge in [0.25, 0.3) is 5.69 Å². The maximum atomic E-state index is 10.6. The molecule has 0 fully saturated rings. The van der Waals surface area contributed by atoms with Crippen LogP contribution in [-0.2, 0) is 0 Å². The van der Waals surface area contributed by atoms with Crippen LogP contribution in [0.25, 0.3) is 0 Å². The summed E-state index contributed by atoms with van der Waals surface area (Å²) in [4.78, 5) is 10.1. The molecular formula is C11H15NO5. The molecule has 0 aliphatic carbocycles. The first-order valence-electron chi connectivity index (χ1n) is 5.01. The molecule has 0 radical (unpaired) electrons. The van der Waals surface area contributed by atoms with E-state index in [4.69, 9.17) is 9.47 Å². The standard InChI is InChI=1S/C11H15NO5/c1-11(2,13)7-17-10-6-8(12(14)15)4-5-9(10)16-3/h4-6,13H,7H2,1-3H3. The molecule has 0 amide bonds. The Morgan fingerprint density at radius 3 is 2.53 bits per heavy atom. The van der Waals surface area contributed by atoms with E-state index in [1.807, 2.05) is 0 Å². The summed E-state index contributed by atoms with van der Waals surface area (Å²) >= 11 is 0. The molecule has 0 aliphatic heterocycles. The second-order valence-corrected chi connectivity index (χ2v) is 4.19. The van der Waals surface area contributed by atoms with Crippen LogP contribution in [0.5, 0.6) is 11.5 Å². The fourth-order valence-corrected chi connectivity index (χ4v) is 1.15. The Labute approximate surface area is 98.9 Å². The maximum absolute atomic E-state index is 10.6. The molecule has 0 spiro atoms. The SMILES string of the molecule is COc1ccc([N+](=O)[O-])cc1OCC(C)(C)O. The van der Waals surface area contributed by atoms with Crippen LogP contribution in [0.1, 0.15) is 13.8 Å². The Kier molecular flexibility index (Phi) is 3.90. The van der Waals surface area contributed by atoms with Crippen molar-refractivity contribution in [3.05, 3.63) is 28.3 Å². The van der Waals surface area contributed by atoms with Crippen molar-refractivity contribution in [3.8, 4) is 11.5 Å². The van der Waals surface area contributed by atoms with Gasteiger partial charge in [0.1, 0.15) is 6.61 Å². The zero-order chi connectivity index (χ0) is 13.1. The third-order valence-electron chi connectivity index (χ3n) is 1.94. The van der Waals surface area contributed by atoms with E-state index in [0.29, 0.717) is 5.75 Å². The van der Waals surface area contributed by atoms with Crippen molar-refractivity contribution in [2.24, 2.45) is 0 Å². The highest BCUT2D eigenvalue weighted by Crippen LogP contribution is 2.31. The smallest absolute Gasteiger partial charge is 0.273 e. The molecule has 1 aromatic rings. The van der Waals surface area contributed by atoms with Gasteiger partial charge in [0.2, 0.25) is 0 Å². The van der Waals surface area contributed by atoms with Crippen LogP contribution in [0.15, 0.2) is 18.2 Å². The maximum Gasteiger partial charge on any atom is 0.273 e. The number of hydrogen-bond donors (Lipinski definition) is 1. The third kappa shape index (κ3) is 3.92. The average molecular weight is 241 g/mol. The Balaban J connectivity index is 2.94. The fourth-order valence-electron chi connectivity index (χ4n) is 1.15. The number of nitro groups is 1. The first-order valence-corrected chi connectivity index (χ1v) is 5.01. The molecule has 0 unspecified atom stereocenters. The second kappa shape index (κ2) is 5.01. The molecule has 0 bridgehead atoms. The summed E-state index contributed by atoms with van der Waals surface area (Å²) in [6.45, 7) is 3.18. The molecule has 6 heteroatoms. The Hall–Kier alpha value is -1.82. The van der Waals surface area contributed by atoms with Crippen LogP contribution in [0, 0.1) is 10.1 Å². The lowest BCUT2D eigenvalue weighted by Gasteiger charge is -2.18. The number of rotatable bonds is 5. The predicted molar refractivity (Wildman–Crippen MR) is 61.4 cm³/mol. The van der Waals surface area contributed by atoms with Crippen LogP contribution in [0.2, 0.25) is 0 Å². The molecule has 1 aromatic carbocycles. The minimum absolute atomic E-state index is 0.0184. The quantitative estimate of drug-likeness (QED) is 0.627. The van der Waals surface area contributed by atoms with Gasteiger partial charge in [-0.3, -0.25) is 10.1 Å². The van der Waals surface area contributed by atoms with Crippen LogP contribution < -0.4 is 9.47 Å². The molecule has 0 saturated heterocycles. The van der Waals surface area contributed by atoms with Crippen molar-refractivity contribution in [1.82, 2.24) is 0 Å². The van der Waals surface area contributed by atoms with Crippen molar-refractivity contribution in [1.29, 1.82) is 0 Å². The van der Waals surface area contributed by atoms with Crippen molar-refractivity contribution in [2.75, 3.05) is 13.7 Å². The Bertz CT molecular complexity index is 411. The van der Waals surface area contributed by atoms with Gasteiger partial charge in [0.15, 0.2) is 11.5 Å². The monoisotopic (exact) mass is 241 g/mol. The summed E-state index contributed by atoms with van der Waals surface area (Å²) in [6, 6.07) is 4.05. The number of nitrogens with zero attached hydrogens (tertiary/aromatic N) is 1. The molecule has 6 nitrogen and oxygen atoms in total. The summed E-state index contributed by atoms with van der Waals surface area (Å²) in [7, 11) is 1.44. The van der Waals surface area contributed by atoms with E-state index >= 15 is 0 Å². The molecule has 0 aromatic heterocycles. The van der Waals surface area contributed by atoms with Gasteiger partial charge < -0.3 is 14.6 Å². The number of aliphatic hydroxyl groups is 1. The van der Waals surface area contributed by atoms with Crippen molar-refractivity contribution in [3.63, 3.8) is 0 Å². The molecular weight excluding hydrogens is 226 g/mol. The van der Waals surface area contributed by atoms with Gasteiger partial charge in [-0.2, -0.15) is 0 Å². The van der Waals surface area contributed by atoms with Gasteiger partial charge in [0.05, 0.1) is 23.7 Å². The number of methoxy groups -OCH3 is 1. The number of hydrogen-bond acceptors (Lipinski definition) is 5. The Morgan fingerprint density at radius 1 is 1.41 bits per heavy atom. The third-order valence-corrected chi connectivity index (χ3v) is 1.94. The normalized spacial score (nSPS) is 11.1. The van der Waals surface area contributed by atoms with E-state index < -0.39 is 10.5 Å². The highest BCUT2D eigenvalue weighted by molar-refractivity contribution is 5.48. The number of non-ortho nitro benzene ring substituents is 1. The van der Waals surface area contributed by atoms with Crippen LogP contribution in [0.3, 0.4) is 0 Å². The van der Waals surface area contributed by atoms with Crippen molar-refractivity contribution >= 4 is 5.69 Å². The minimum Gasteiger partial charge on any atom is -0.493 e. The molecule has 0 atom stereocenters. The predicted octanol–water partition coefficient (Wildman–Crippen LogP) is 1.75. The molecule has 0 aliphatic rings. The first kappa shape index (κ1) is 13.2. The summed E-state index contributed by atoms with van der Waals surface area (Å²) in [5.74, 6) is 0.628. The lowest BCUT2D eigenvalue weighted by Crippen LogP contribution is -2.28. The molecule has 0 heterocycles. The van der Waals surface area contributed by atoms with E-state index in [0.717, 1.165) is 0 Å². The molecule has 0 saturated carbocycles. The van der Waals surface area contributed by atoms with Gasteiger partial charge in [0, 0.05) is 6.07 Å². The van der Waals surface area contributed by atoms with Crippen LogP contribution >= 0.6 is 0 Å². The van der Waals surface area contributed by atoms with Gasteiger partial charge in [-0.25, -0.2) is 0 Å². The van der Waals surface area contributed by atoms with E-state index in [9.17, 15) is 15.2 Å². The lowest BCUT2D eigenvalue weighted by atomic mass is 10.2. The first-order chi connectivity index (χ1) is 7.83. The summed E-state index contributed by atoms with van der Waals surface area (Å²) in [6.07, 6.45) is 0. The average Bonchev–Trinajstić information content (AvgIpc) is 2.24. The number of ether oxygens (including phenoxy) is 2. The topological polar surface area (TPSA) is 81.8 Å². The molecule has 1 rings (SSSR count). The van der Waals surface area contributed by atoms with E-state index in [2.05, 4.69) is 0 Å². The van der Waals surface area contributed by atoms with E-state index in [-0.39, 0.29) is 18.0 Å². The Morgan fingerprint density at radius 2 is 2.06 bits per heavy atom. The minimum atomic E-state index is -1.02. The van der Waals surface area contributed by atoms with Crippen LogP contribution in [0.4, 0.5) is 5.69 Å². The van der Waals surface area contributed by atoms with Crippen molar-refractivity contribution in [2.45, 2.75) is 19.4 Å². The summed E-state index contributed by atoms with van der Waals surface area (Å²) < 4.78 is 10.3. The second-order valence-electron chi connectivity index (χ2n) is 4.19. The lowest BCUT2D eigenvalue weighted by molar-refractivity contribution is -0.385. The number of nitro benzene ring substituents is 1. The van der Waals surface area contributed by atoms with Gasteiger partial charge >= 0.3 is 0 Å². The van der Waals surface area contributed by atoms with Gasteiger partial charge in [-0.15, -0.1) is 0 Å².